The van der Waals surface area contributed by atoms with E-state index in [-0.39, 0.29) is 24.3 Å². The topological polar surface area (TPSA) is 121 Å². The average Bonchev–Trinajstić information content (AvgIpc) is 3.69. The molecule has 1 aliphatic heterocycles. The van der Waals surface area contributed by atoms with E-state index in [2.05, 4.69) is 74.7 Å². The van der Waals surface area contributed by atoms with Gasteiger partial charge in [0.05, 0.1) is 39.2 Å². The van der Waals surface area contributed by atoms with Crippen LogP contribution in [0.25, 0.3) is 43.7 Å². The van der Waals surface area contributed by atoms with Crippen molar-refractivity contribution in [2.75, 3.05) is 23.0 Å². The monoisotopic (exact) mass is 692 g/mol. The minimum atomic E-state index is -4.13. The molecule has 46 heavy (non-hydrogen) atoms. The third kappa shape index (κ3) is 6.31. The van der Waals surface area contributed by atoms with E-state index in [4.69, 9.17) is 0 Å². The Morgan fingerprint density at radius 3 is 2.35 bits per heavy atom. The van der Waals surface area contributed by atoms with Gasteiger partial charge in [0.2, 0.25) is 5.52 Å². The van der Waals surface area contributed by atoms with E-state index in [0.29, 0.717) is 13.1 Å². The SMILES string of the molecule is O=S(=O)(O)CCCN1C(=Cc2sc3ccc4ccccc4c3[n+]2CCCS(=O)(=O)O)Sc2ccc(-n3ccc4ccccc43)cc21. The van der Waals surface area contributed by atoms with Gasteiger partial charge in [-0.3, -0.25) is 9.11 Å². The zero-order valence-electron chi connectivity index (χ0n) is 24.5. The Morgan fingerprint density at radius 1 is 0.804 bits per heavy atom. The highest BCUT2D eigenvalue weighted by Crippen LogP contribution is 2.48. The van der Waals surface area contributed by atoms with E-state index in [9.17, 15) is 25.9 Å². The number of hydrogen-bond acceptors (Lipinski definition) is 7. The minimum Gasteiger partial charge on any atom is -0.335 e. The average molecular weight is 693 g/mol. The smallest absolute Gasteiger partial charge is 0.265 e. The van der Waals surface area contributed by atoms with Crippen LogP contribution in [-0.2, 0) is 26.8 Å². The molecule has 236 valence electrons. The van der Waals surface area contributed by atoms with Crippen LogP contribution in [0.5, 0.6) is 0 Å². The molecule has 0 bridgehead atoms. The maximum Gasteiger partial charge on any atom is 0.265 e. The van der Waals surface area contributed by atoms with Crippen molar-refractivity contribution in [3.63, 3.8) is 0 Å². The molecule has 3 heterocycles. The van der Waals surface area contributed by atoms with Gasteiger partial charge in [0.15, 0.2) is 6.54 Å². The quantitative estimate of drug-likeness (QED) is 0.120. The summed E-state index contributed by atoms with van der Waals surface area (Å²) in [6.45, 7) is 0.732. The van der Waals surface area contributed by atoms with Crippen molar-refractivity contribution in [2.24, 2.45) is 0 Å². The Hall–Kier alpha value is -3.72. The fourth-order valence-corrected chi connectivity index (χ4v) is 9.31. The molecule has 2 aromatic heterocycles. The number of thioether (sulfide) groups is 1. The number of aromatic nitrogens is 2. The number of aryl methyl sites for hydroxylation is 1. The highest BCUT2D eigenvalue weighted by Gasteiger charge is 2.29. The molecular formula is C33H30N3O6S4+. The van der Waals surface area contributed by atoms with Gasteiger partial charge in [-0.15, -0.1) is 0 Å². The van der Waals surface area contributed by atoms with Gasteiger partial charge in [-0.25, -0.2) is 0 Å². The van der Waals surface area contributed by atoms with Crippen molar-refractivity contribution in [1.29, 1.82) is 0 Å². The lowest BCUT2D eigenvalue weighted by molar-refractivity contribution is -0.667. The number of nitrogens with zero attached hydrogens (tertiary/aromatic N) is 3. The summed E-state index contributed by atoms with van der Waals surface area (Å²) in [5.41, 5.74) is 3.97. The van der Waals surface area contributed by atoms with Crippen molar-refractivity contribution in [3.8, 4) is 5.69 Å². The number of anilines is 1. The van der Waals surface area contributed by atoms with Crippen molar-refractivity contribution in [1.82, 2.24) is 4.57 Å². The van der Waals surface area contributed by atoms with E-state index >= 15 is 0 Å². The zero-order chi connectivity index (χ0) is 32.1. The Labute approximate surface area is 274 Å². The van der Waals surface area contributed by atoms with Gasteiger partial charge in [0.25, 0.3) is 25.2 Å². The normalized spacial score (nSPS) is 14.7. The lowest BCUT2D eigenvalue weighted by Crippen LogP contribution is -2.36. The Kier molecular flexibility index (Phi) is 8.16. The minimum absolute atomic E-state index is 0.221. The molecule has 0 saturated heterocycles. The molecule has 1 aliphatic rings. The molecule has 9 nitrogen and oxygen atoms in total. The Morgan fingerprint density at radius 2 is 1.54 bits per heavy atom. The molecule has 4 aromatic carbocycles. The molecule has 0 radical (unpaired) electrons. The van der Waals surface area contributed by atoms with Gasteiger partial charge < -0.3 is 9.47 Å². The van der Waals surface area contributed by atoms with Crippen LogP contribution in [0, 0.1) is 0 Å². The lowest BCUT2D eigenvalue weighted by Gasteiger charge is -2.20. The summed E-state index contributed by atoms with van der Waals surface area (Å²) in [4.78, 5) is 3.11. The third-order valence-corrected chi connectivity index (χ3v) is 11.8. The third-order valence-electron chi connectivity index (χ3n) is 8.02. The maximum atomic E-state index is 11.6. The van der Waals surface area contributed by atoms with E-state index in [1.165, 1.54) is 0 Å². The van der Waals surface area contributed by atoms with Gasteiger partial charge in [-0.05, 0) is 59.7 Å². The lowest BCUT2D eigenvalue weighted by atomic mass is 10.1. The molecule has 0 spiro atoms. The predicted molar refractivity (Wildman–Crippen MR) is 186 cm³/mol. The molecule has 0 saturated carbocycles. The number of rotatable bonds is 10. The first kappa shape index (κ1) is 30.9. The fourth-order valence-electron chi connectivity index (χ4n) is 6.00. The van der Waals surface area contributed by atoms with Crippen molar-refractivity contribution in [3.05, 3.63) is 101 Å². The van der Waals surface area contributed by atoms with Crippen LogP contribution >= 0.6 is 23.1 Å². The summed E-state index contributed by atoms with van der Waals surface area (Å²) in [7, 11) is -8.25. The highest BCUT2D eigenvalue weighted by molar-refractivity contribution is 8.04. The van der Waals surface area contributed by atoms with Gasteiger partial charge in [-0.1, -0.05) is 65.6 Å². The summed E-state index contributed by atoms with van der Waals surface area (Å²) in [6, 6.07) is 28.6. The van der Waals surface area contributed by atoms with Crippen molar-refractivity contribution < 1.29 is 30.5 Å². The summed E-state index contributed by atoms with van der Waals surface area (Å²) in [6.07, 6.45) is 4.55. The molecule has 0 aliphatic carbocycles. The molecule has 6 aromatic rings. The highest BCUT2D eigenvalue weighted by atomic mass is 32.2. The molecule has 0 fully saturated rings. The number of benzene rings is 4. The number of para-hydroxylation sites is 1. The molecule has 13 heteroatoms. The summed E-state index contributed by atoms with van der Waals surface area (Å²) >= 11 is 3.17. The number of thiazole rings is 1. The second-order valence-corrected chi connectivity index (χ2v) is 16.4. The molecule has 0 unspecified atom stereocenters. The first-order valence-corrected chi connectivity index (χ1v) is 19.5. The van der Waals surface area contributed by atoms with E-state index in [1.807, 2.05) is 36.5 Å². The van der Waals surface area contributed by atoms with Gasteiger partial charge in [-0.2, -0.15) is 21.4 Å². The van der Waals surface area contributed by atoms with Crippen LogP contribution in [0.3, 0.4) is 0 Å². The first-order chi connectivity index (χ1) is 22.0. The molecular weight excluding hydrogens is 663 g/mol. The first-order valence-electron chi connectivity index (χ1n) is 14.7. The zero-order valence-corrected chi connectivity index (χ0v) is 27.7. The van der Waals surface area contributed by atoms with Crippen LogP contribution in [-0.4, -0.2) is 48.6 Å². The van der Waals surface area contributed by atoms with Gasteiger partial charge in [0, 0.05) is 29.7 Å². The summed E-state index contributed by atoms with van der Waals surface area (Å²) < 4.78 is 70.6. The second-order valence-electron chi connectivity index (χ2n) is 11.1. The largest absolute Gasteiger partial charge is 0.335 e. The Bertz CT molecular complexity index is 2380. The Balaban J connectivity index is 1.33. The second kappa shape index (κ2) is 12.1. The van der Waals surface area contributed by atoms with Crippen molar-refractivity contribution in [2.45, 2.75) is 24.3 Å². The van der Waals surface area contributed by atoms with Crippen LogP contribution < -0.4 is 9.47 Å². The maximum absolute atomic E-state index is 11.6. The van der Waals surface area contributed by atoms with Crippen molar-refractivity contribution >= 4 is 87.0 Å². The summed E-state index contributed by atoms with van der Waals surface area (Å²) in [5.74, 6) is -0.708. The molecule has 2 N–H and O–H groups in total. The van der Waals surface area contributed by atoms with E-state index in [0.717, 1.165) is 58.2 Å². The van der Waals surface area contributed by atoms with E-state index in [1.54, 1.807) is 23.1 Å². The van der Waals surface area contributed by atoms with Gasteiger partial charge in [0.1, 0.15) is 4.70 Å². The van der Waals surface area contributed by atoms with Gasteiger partial charge >= 0.3 is 0 Å². The molecule has 7 rings (SSSR count). The molecule has 0 amide bonds. The summed E-state index contributed by atoms with van der Waals surface area (Å²) in [5, 5.41) is 5.02. The number of fused-ring (bicyclic) bond motifs is 5. The fraction of sp³-hybridized carbons (Fsp3) is 0.182. The standard InChI is InChI=1S/C33H29N3O6S4/c37-45(38,39)19-5-16-35-28-21-25(34-18-15-24-8-2-4-10-27(24)34)12-14-29(28)43-31(35)22-32-36(17-6-20-46(40,41)42)33-26-9-3-1-7-23(26)11-13-30(33)44-32/h1-4,7-15,18,21-22H,5-6,16-17,19-20H2,(H-,37,38,39,40,41,42)/p+1. The predicted octanol–water partition coefficient (Wildman–Crippen LogP) is 6.75. The number of hydrogen-bond donors (Lipinski definition) is 2. The van der Waals surface area contributed by atoms with Crippen LogP contribution in [0.2, 0.25) is 0 Å². The van der Waals surface area contributed by atoms with Crippen LogP contribution in [0.4, 0.5) is 5.69 Å². The van der Waals surface area contributed by atoms with Crippen LogP contribution in [0.15, 0.2) is 101 Å². The van der Waals surface area contributed by atoms with E-state index < -0.39 is 20.2 Å². The van der Waals surface area contributed by atoms with Crippen LogP contribution in [0.1, 0.15) is 17.8 Å². The molecule has 0 atom stereocenters.